The fraction of sp³-hybridized carbons (Fsp3) is 0.417. The number of nitrogens with zero attached hydrogens (tertiary/aromatic N) is 1. The fourth-order valence-electron chi connectivity index (χ4n) is 1.47. The van der Waals surface area contributed by atoms with Crippen molar-refractivity contribution in [3.05, 3.63) is 39.9 Å². The maximum atomic E-state index is 11.2. The lowest BCUT2D eigenvalue weighted by atomic mass is 10.1. The molecule has 1 unspecified atom stereocenters. The minimum atomic E-state index is -0.443. The lowest BCUT2D eigenvalue weighted by Crippen LogP contribution is -2.27. The molecule has 0 amide bonds. The highest BCUT2D eigenvalue weighted by molar-refractivity contribution is 5.71. The van der Waals surface area contributed by atoms with Gasteiger partial charge < -0.3 is 10.1 Å². The van der Waals surface area contributed by atoms with Crippen molar-refractivity contribution in [2.45, 2.75) is 19.9 Å². The van der Waals surface area contributed by atoms with Crippen LogP contribution in [0.15, 0.2) is 24.3 Å². The molecule has 0 aliphatic rings. The van der Waals surface area contributed by atoms with Gasteiger partial charge in [0.1, 0.15) is 0 Å². The predicted octanol–water partition coefficient (Wildman–Crippen LogP) is 1.81. The van der Waals surface area contributed by atoms with Gasteiger partial charge in [0.25, 0.3) is 5.69 Å². The molecule has 0 saturated heterocycles. The topological polar surface area (TPSA) is 81.5 Å². The smallest absolute Gasteiger partial charge is 0.319 e. The van der Waals surface area contributed by atoms with Crippen LogP contribution < -0.4 is 5.32 Å². The highest BCUT2D eigenvalue weighted by atomic mass is 16.6. The quantitative estimate of drug-likeness (QED) is 0.474. The van der Waals surface area contributed by atoms with E-state index in [9.17, 15) is 14.9 Å². The number of rotatable bonds is 6. The van der Waals surface area contributed by atoms with Gasteiger partial charge in [0.15, 0.2) is 0 Å². The number of benzene rings is 1. The number of hydrogen-bond donors (Lipinski definition) is 1. The number of carbonyl (C=O) groups is 1. The van der Waals surface area contributed by atoms with Crippen LogP contribution in [0.1, 0.15) is 25.5 Å². The van der Waals surface area contributed by atoms with Gasteiger partial charge in [-0.15, -0.1) is 0 Å². The van der Waals surface area contributed by atoms with Crippen LogP contribution in [0.3, 0.4) is 0 Å². The van der Waals surface area contributed by atoms with Crippen LogP contribution in [0.2, 0.25) is 0 Å². The zero-order valence-corrected chi connectivity index (χ0v) is 10.4. The molecule has 6 heteroatoms. The molecule has 1 aromatic carbocycles. The van der Waals surface area contributed by atoms with Crippen molar-refractivity contribution < 1.29 is 14.5 Å². The molecule has 1 rings (SSSR count). The summed E-state index contributed by atoms with van der Waals surface area (Å²) < 4.78 is 4.78. The third kappa shape index (κ3) is 4.14. The largest absolute Gasteiger partial charge is 0.465 e. The van der Waals surface area contributed by atoms with Crippen molar-refractivity contribution >= 4 is 11.7 Å². The van der Waals surface area contributed by atoms with Crippen LogP contribution in [-0.4, -0.2) is 24.0 Å². The molecule has 6 nitrogen and oxygen atoms in total. The average molecular weight is 252 g/mol. The number of non-ortho nitro benzene ring substituents is 1. The van der Waals surface area contributed by atoms with E-state index in [1.807, 2.05) is 6.92 Å². The van der Waals surface area contributed by atoms with Gasteiger partial charge in [-0.25, -0.2) is 0 Å². The van der Waals surface area contributed by atoms with Gasteiger partial charge >= 0.3 is 5.97 Å². The predicted molar refractivity (Wildman–Crippen MR) is 66.1 cm³/mol. The summed E-state index contributed by atoms with van der Waals surface area (Å²) in [4.78, 5) is 21.4. The molecule has 1 N–H and O–H groups in total. The van der Waals surface area contributed by atoms with E-state index in [0.717, 1.165) is 5.56 Å². The standard InChI is InChI=1S/C12H16N2O4/c1-3-18-12(15)8-13-9(2)10-5-4-6-11(7-10)14(16)17/h4-7,9,13H,3,8H2,1-2H3. The first-order valence-electron chi connectivity index (χ1n) is 5.68. The van der Waals surface area contributed by atoms with E-state index in [-0.39, 0.29) is 24.2 Å². The summed E-state index contributed by atoms with van der Waals surface area (Å²) in [5, 5.41) is 13.6. The Morgan fingerprint density at radius 1 is 1.56 bits per heavy atom. The minimum absolute atomic E-state index is 0.0392. The van der Waals surface area contributed by atoms with Crippen LogP contribution >= 0.6 is 0 Å². The summed E-state index contributed by atoms with van der Waals surface area (Å²) in [6.07, 6.45) is 0. The van der Waals surface area contributed by atoms with E-state index in [1.165, 1.54) is 12.1 Å². The second kappa shape index (κ2) is 6.70. The molecule has 0 aliphatic carbocycles. The number of esters is 1. The summed E-state index contributed by atoms with van der Waals surface area (Å²) in [5.74, 6) is -0.338. The molecule has 0 heterocycles. The molecule has 98 valence electrons. The van der Waals surface area contributed by atoms with Crippen molar-refractivity contribution in [2.75, 3.05) is 13.2 Å². The number of nitro benzene ring substituents is 1. The fourth-order valence-corrected chi connectivity index (χ4v) is 1.47. The van der Waals surface area contributed by atoms with E-state index in [0.29, 0.717) is 6.61 Å². The van der Waals surface area contributed by atoms with Gasteiger partial charge in [-0.05, 0) is 19.4 Å². The lowest BCUT2D eigenvalue weighted by molar-refractivity contribution is -0.384. The van der Waals surface area contributed by atoms with Crippen molar-refractivity contribution in [3.63, 3.8) is 0 Å². The number of carbonyl (C=O) groups excluding carboxylic acids is 1. The monoisotopic (exact) mass is 252 g/mol. The van der Waals surface area contributed by atoms with Crippen molar-refractivity contribution in [2.24, 2.45) is 0 Å². The number of ether oxygens (including phenoxy) is 1. The third-order valence-corrected chi connectivity index (χ3v) is 2.44. The summed E-state index contributed by atoms with van der Waals surface area (Å²) in [5.41, 5.74) is 0.797. The Morgan fingerprint density at radius 2 is 2.28 bits per heavy atom. The molecule has 1 aromatic rings. The van der Waals surface area contributed by atoms with Gasteiger partial charge in [-0.1, -0.05) is 12.1 Å². The van der Waals surface area contributed by atoms with Crippen molar-refractivity contribution in [1.82, 2.24) is 5.32 Å². The van der Waals surface area contributed by atoms with E-state index >= 15 is 0 Å². The second-order valence-corrected chi connectivity index (χ2v) is 3.76. The molecule has 0 fully saturated rings. The molecule has 0 spiro atoms. The van der Waals surface area contributed by atoms with E-state index in [4.69, 9.17) is 4.74 Å². The van der Waals surface area contributed by atoms with Crippen molar-refractivity contribution in [1.29, 1.82) is 0 Å². The molecule has 0 radical (unpaired) electrons. The van der Waals surface area contributed by atoms with Crippen molar-refractivity contribution in [3.8, 4) is 0 Å². The van der Waals surface area contributed by atoms with Gasteiger partial charge in [0.2, 0.25) is 0 Å². The Labute approximate surface area is 105 Å². The zero-order valence-electron chi connectivity index (χ0n) is 10.4. The van der Waals surface area contributed by atoms with Crippen LogP contribution in [0.4, 0.5) is 5.69 Å². The second-order valence-electron chi connectivity index (χ2n) is 3.76. The first-order chi connectivity index (χ1) is 8.54. The number of nitro groups is 1. The zero-order chi connectivity index (χ0) is 13.5. The molecular formula is C12H16N2O4. The maximum absolute atomic E-state index is 11.2. The summed E-state index contributed by atoms with van der Waals surface area (Å²) >= 11 is 0. The molecule has 1 atom stereocenters. The first-order valence-corrected chi connectivity index (χ1v) is 5.68. The van der Waals surface area contributed by atoms with Gasteiger partial charge in [-0.2, -0.15) is 0 Å². The SMILES string of the molecule is CCOC(=O)CNC(C)c1cccc([N+](=O)[O-])c1. The van der Waals surface area contributed by atoms with E-state index < -0.39 is 4.92 Å². The Hall–Kier alpha value is -1.95. The summed E-state index contributed by atoms with van der Waals surface area (Å²) in [6.45, 7) is 3.99. The Kier molecular flexibility index (Phi) is 5.26. The first kappa shape index (κ1) is 14.1. The van der Waals surface area contributed by atoms with Crippen LogP contribution in [-0.2, 0) is 9.53 Å². The lowest BCUT2D eigenvalue weighted by Gasteiger charge is -2.13. The van der Waals surface area contributed by atoms with Gasteiger partial charge in [-0.3, -0.25) is 14.9 Å². The molecule has 0 aliphatic heterocycles. The van der Waals surface area contributed by atoms with Crippen LogP contribution in [0.25, 0.3) is 0 Å². The number of hydrogen-bond acceptors (Lipinski definition) is 5. The Morgan fingerprint density at radius 3 is 2.89 bits per heavy atom. The maximum Gasteiger partial charge on any atom is 0.319 e. The molecule has 0 bridgehead atoms. The van der Waals surface area contributed by atoms with Gasteiger partial charge in [0, 0.05) is 18.2 Å². The molecule has 18 heavy (non-hydrogen) atoms. The normalized spacial score (nSPS) is 11.9. The molecular weight excluding hydrogens is 236 g/mol. The molecule has 0 aromatic heterocycles. The average Bonchev–Trinajstić information content (AvgIpc) is 2.36. The molecule has 0 saturated carbocycles. The summed E-state index contributed by atoms with van der Waals surface area (Å²) in [6, 6.07) is 6.16. The summed E-state index contributed by atoms with van der Waals surface area (Å²) in [7, 11) is 0. The van der Waals surface area contributed by atoms with E-state index in [1.54, 1.807) is 19.1 Å². The van der Waals surface area contributed by atoms with Crippen LogP contribution in [0, 0.1) is 10.1 Å². The number of nitrogens with one attached hydrogen (secondary N) is 1. The van der Waals surface area contributed by atoms with E-state index in [2.05, 4.69) is 5.32 Å². The van der Waals surface area contributed by atoms with Gasteiger partial charge in [0.05, 0.1) is 18.1 Å². The Balaban J connectivity index is 2.61. The van der Waals surface area contributed by atoms with Crippen LogP contribution in [0.5, 0.6) is 0 Å². The third-order valence-electron chi connectivity index (χ3n) is 2.44. The highest BCUT2D eigenvalue weighted by Crippen LogP contribution is 2.18. The highest BCUT2D eigenvalue weighted by Gasteiger charge is 2.11. The minimum Gasteiger partial charge on any atom is -0.465 e. The Bertz CT molecular complexity index is 434.